The second-order valence-electron chi connectivity index (χ2n) is 4.08. The second-order valence-corrected chi connectivity index (χ2v) is 4.08. The molecule has 0 aromatic carbocycles. The van der Waals surface area contributed by atoms with E-state index in [1.807, 2.05) is 4.90 Å². The number of carbonyl (C=O) groups is 1. The summed E-state index contributed by atoms with van der Waals surface area (Å²) in [6.07, 6.45) is 3.35. The fourth-order valence-corrected chi connectivity index (χ4v) is 2.24. The van der Waals surface area contributed by atoms with Gasteiger partial charge in [-0.1, -0.05) is 0 Å². The zero-order chi connectivity index (χ0) is 9.97. The molecule has 2 aliphatic heterocycles. The Labute approximate surface area is 84.6 Å². The summed E-state index contributed by atoms with van der Waals surface area (Å²) in [6.45, 7) is 2.61. The van der Waals surface area contributed by atoms with Crippen LogP contribution in [0.4, 0.5) is 0 Å². The summed E-state index contributed by atoms with van der Waals surface area (Å²) >= 11 is 0. The molecule has 80 valence electrons. The first-order valence-electron chi connectivity index (χ1n) is 5.36. The van der Waals surface area contributed by atoms with Crippen molar-refractivity contribution in [2.45, 2.75) is 31.4 Å². The summed E-state index contributed by atoms with van der Waals surface area (Å²) in [5.41, 5.74) is 0. The molecule has 0 spiro atoms. The summed E-state index contributed by atoms with van der Waals surface area (Å²) in [6, 6.07) is 0.0746. The van der Waals surface area contributed by atoms with Crippen molar-refractivity contribution in [3.8, 4) is 0 Å². The van der Waals surface area contributed by atoms with Gasteiger partial charge in [-0.25, -0.2) is 0 Å². The smallest absolute Gasteiger partial charge is 0.239 e. The zero-order valence-corrected chi connectivity index (χ0v) is 8.66. The van der Waals surface area contributed by atoms with E-state index in [2.05, 4.69) is 5.32 Å². The van der Waals surface area contributed by atoms with E-state index >= 15 is 0 Å². The van der Waals surface area contributed by atoms with Crippen molar-refractivity contribution in [3.63, 3.8) is 0 Å². The molecule has 14 heavy (non-hydrogen) atoms. The van der Waals surface area contributed by atoms with Crippen LogP contribution >= 0.6 is 0 Å². The Balaban J connectivity index is 1.86. The first-order chi connectivity index (χ1) is 6.81. The van der Waals surface area contributed by atoms with Crippen LogP contribution < -0.4 is 5.32 Å². The van der Waals surface area contributed by atoms with Gasteiger partial charge in [-0.05, 0) is 25.8 Å². The fraction of sp³-hybridized carbons (Fsp3) is 0.900. The summed E-state index contributed by atoms with van der Waals surface area (Å²) in [5, 5.41) is 3.23. The van der Waals surface area contributed by atoms with Crippen LogP contribution in [0.25, 0.3) is 0 Å². The first kappa shape index (κ1) is 9.93. The highest BCUT2D eigenvalue weighted by atomic mass is 16.5. The number of nitrogens with zero attached hydrogens (tertiary/aromatic N) is 1. The third-order valence-electron chi connectivity index (χ3n) is 3.15. The lowest BCUT2D eigenvalue weighted by atomic mass is 10.2. The number of ether oxygens (including phenoxy) is 1. The summed E-state index contributed by atoms with van der Waals surface area (Å²) < 4.78 is 5.24. The molecular formula is C10H18N2O2. The molecule has 2 heterocycles. The standard InChI is InChI=1S/C10H18N2O2/c1-14-8-4-6-12(7-8)10(13)9-3-2-5-11-9/h8-9,11H,2-7H2,1H3/t8?,9-/m1/s1. The van der Waals surface area contributed by atoms with Crippen molar-refractivity contribution < 1.29 is 9.53 Å². The van der Waals surface area contributed by atoms with Gasteiger partial charge in [-0.3, -0.25) is 4.79 Å². The van der Waals surface area contributed by atoms with E-state index in [0.717, 1.165) is 38.9 Å². The van der Waals surface area contributed by atoms with Gasteiger partial charge in [0.05, 0.1) is 12.1 Å². The van der Waals surface area contributed by atoms with Gasteiger partial charge in [0.1, 0.15) is 0 Å². The molecule has 4 heteroatoms. The highest BCUT2D eigenvalue weighted by Gasteiger charge is 2.31. The topological polar surface area (TPSA) is 41.6 Å². The van der Waals surface area contributed by atoms with E-state index in [4.69, 9.17) is 4.74 Å². The lowest BCUT2D eigenvalue weighted by Crippen LogP contribution is -2.42. The van der Waals surface area contributed by atoms with Gasteiger partial charge >= 0.3 is 0 Å². The van der Waals surface area contributed by atoms with Crippen molar-refractivity contribution in [3.05, 3.63) is 0 Å². The maximum absolute atomic E-state index is 11.9. The third-order valence-corrected chi connectivity index (χ3v) is 3.15. The number of likely N-dealkylation sites (tertiary alicyclic amines) is 1. The molecule has 0 aliphatic carbocycles. The molecule has 1 unspecified atom stereocenters. The molecule has 2 fully saturated rings. The molecule has 2 aliphatic rings. The second kappa shape index (κ2) is 4.28. The highest BCUT2D eigenvalue weighted by molar-refractivity contribution is 5.82. The number of amides is 1. The maximum Gasteiger partial charge on any atom is 0.239 e. The first-order valence-corrected chi connectivity index (χ1v) is 5.36. The van der Waals surface area contributed by atoms with Crippen LogP contribution in [0.1, 0.15) is 19.3 Å². The quantitative estimate of drug-likeness (QED) is 0.678. The molecule has 4 nitrogen and oxygen atoms in total. The van der Waals surface area contributed by atoms with Crippen molar-refractivity contribution in [2.75, 3.05) is 26.7 Å². The van der Waals surface area contributed by atoms with Gasteiger partial charge in [0.2, 0.25) is 5.91 Å². The van der Waals surface area contributed by atoms with Crippen molar-refractivity contribution in [1.29, 1.82) is 0 Å². The van der Waals surface area contributed by atoms with Gasteiger partial charge in [0.15, 0.2) is 0 Å². The van der Waals surface area contributed by atoms with Crippen LogP contribution in [0.2, 0.25) is 0 Å². The van der Waals surface area contributed by atoms with Gasteiger partial charge in [-0.15, -0.1) is 0 Å². The SMILES string of the molecule is COC1CCN(C(=O)[C@H]2CCCN2)C1. The number of methoxy groups -OCH3 is 1. The predicted molar refractivity (Wildman–Crippen MR) is 53.0 cm³/mol. The van der Waals surface area contributed by atoms with Crippen molar-refractivity contribution >= 4 is 5.91 Å². The minimum Gasteiger partial charge on any atom is -0.380 e. The number of carbonyl (C=O) groups excluding carboxylic acids is 1. The van der Waals surface area contributed by atoms with E-state index < -0.39 is 0 Å². The molecule has 1 N–H and O–H groups in total. The van der Waals surface area contributed by atoms with E-state index in [1.54, 1.807) is 7.11 Å². The molecule has 2 rings (SSSR count). The van der Waals surface area contributed by atoms with Crippen LogP contribution in [0.3, 0.4) is 0 Å². The third kappa shape index (κ3) is 1.91. The van der Waals surface area contributed by atoms with E-state index in [0.29, 0.717) is 0 Å². The Kier molecular flexibility index (Phi) is 3.03. The zero-order valence-electron chi connectivity index (χ0n) is 8.66. The molecule has 2 saturated heterocycles. The van der Waals surface area contributed by atoms with Crippen LogP contribution in [0.5, 0.6) is 0 Å². The minimum absolute atomic E-state index is 0.0746. The van der Waals surface area contributed by atoms with Crippen molar-refractivity contribution in [1.82, 2.24) is 10.2 Å². The lowest BCUT2D eigenvalue weighted by Gasteiger charge is -2.20. The Morgan fingerprint density at radius 2 is 2.36 bits per heavy atom. The molecule has 1 amide bonds. The molecular weight excluding hydrogens is 180 g/mol. The molecule has 0 saturated carbocycles. The summed E-state index contributed by atoms with van der Waals surface area (Å²) in [7, 11) is 1.71. The maximum atomic E-state index is 11.9. The minimum atomic E-state index is 0.0746. The van der Waals surface area contributed by atoms with Crippen LogP contribution in [0.15, 0.2) is 0 Å². The van der Waals surface area contributed by atoms with Gasteiger partial charge < -0.3 is 15.0 Å². The molecule has 0 bridgehead atoms. The van der Waals surface area contributed by atoms with E-state index in [-0.39, 0.29) is 18.1 Å². The number of nitrogens with one attached hydrogen (secondary N) is 1. The fourth-order valence-electron chi connectivity index (χ4n) is 2.24. The number of rotatable bonds is 2. The van der Waals surface area contributed by atoms with Gasteiger partial charge in [-0.2, -0.15) is 0 Å². The van der Waals surface area contributed by atoms with Gasteiger partial charge in [0, 0.05) is 20.2 Å². The average Bonchev–Trinajstić information content (AvgIpc) is 2.88. The van der Waals surface area contributed by atoms with Gasteiger partial charge in [0.25, 0.3) is 0 Å². The number of hydrogen-bond donors (Lipinski definition) is 1. The largest absolute Gasteiger partial charge is 0.380 e. The molecule has 0 radical (unpaired) electrons. The molecule has 0 aromatic rings. The average molecular weight is 198 g/mol. The van der Waals surface area contributed by atoms with E-state index in [9.17, 15) is 4.79 Å². The monoisotopic (exact) mass is 198 g/mol. The van der Waals surface area contributed by atoms with Crippen molar-refractivity contribution in [2.24, 2.45) is 0 Å². The Morgan fingerprint density at radius 1 is 1.50 bits per heavy atom. The lowest BCUT2D eigenvalue weighted by molar-refractivity contribution is -0.132. The highest BCUT2D eigenvalue weighted by Crippen LogP contribution is 2.16. The number of hydrogen-bond acceptors (Lipinski definition) is 3. The summed E-state index contributed by atoms with van der Waals surface area (Å²) in [5.74, 6) is 0.266. The van der Waals surface area contributed by atoms with E-state index in [1.165, 1.54) is 0 Å². The molecule has 0 aromatic heterocycles. The Hall–Kier alpha value is -0.610. The Morgan fingerprint density at radius 3 is 2.93 bits per heavy atom. The normalized spacial score (nSPS) is 32.5. The Bertz CT molecular complexity index is 214. The van der Waals surface area contributed by atoms with Crippen LogP contribution in [-0.2, 0) is 9.53 Å². The molecule has 2 atom stereocenters. The predicted octanol–water partition coefficient (Wildman–Crippen LogP) is -0.0143. The summed E-state index contributed by atoms with van der Waals surface area (Å²) in [4.78, 5) is 13.8. The van der Waals surface area contributed by atoms with Crippen LogP contribution in [-0.4, -0.2) is 49.7 Å². The van der Waals surface area contributed by atoms with Crippen LogP contribution in [0, 0.1) is 0 Å².